The number of hydrogen-bond donors (Lipinski definition) is 0. The first-order valence-corrected chi connectivity index (χ1v) is 8.75. The van der Waals surface area contributed by atoms with Crippen LogP contribution in [0.5, 0.6) is 0 Å². The van der Waals surface area contributed by atoms with Crippen molar-refractivity contribution < 1.29 is 13.6 Å². The largest absolute Gasteiger partial charge is 0.329 e. The molecule has 1 amide bonds. The molecule has 4 rings (SSSR count). The predicted molar refractivity (Wildman–Crippen MR) is 87.2 cm³/mol. The van der Waals surface area contributed by atoms with E-state index < -0.39 is 13.0 Å². The van der Waals surface area contributed by atoms with Crippen molar-refractivity contribution in [2.75, 3.05) is 6.54 Å². The normalized spacial score (nSPS) is 16.1. The number of amides is 1. The molecular weight excluding hydrogens is 316 g/mol. The summed E-state index contributed by atoms with van der Waals surface area (Å²) in [5.41, 5.74) is 3.65. The monoisotopic (exact) mass is 333 g/mol. The van der Waals surface area contributed by atoms with Gasteiger partial charge in [-0.2, -0.15) is 0 Å². The van der Waals surface area contributed by atoms with E-state index in [9.17, 15) is 13.6 Å². The van der Waals surface area contributed by atoms with Crippen LogP contribution in [0.2, 0.25) is 0 Å². The third kappa shape index (κ3) is 2.78. The van der Waals surface area contributed by atoms with Crippen LogP contribution in [0.3, 0.4) is 0 Å². The van der Waals surface area contributed by atoms with Gasteiger partial charge in [-0.05, 0) is 48.4 Å². The van der Waals surface area contributed by atoms with E-state index in [1.165, 1.54) is 32.9 Å². The molecule has 0 unspecified atom stereocenters. The van der Waals surface area contributed by atoms with E-state index in [0.717, 1.165) is 30.6 Å². The smallest absolute Gasteiger partial charge is 0.264 e. The maximum atomic E-state index is 12.8. The number of benzene rings is 1. The third-order valence-electron chi connectivity index (χ3n) is 4.53. The standard InChI is InChI=1S/C18H17F2NOS/c19-16(20)10-21(13-7-8-13)18(22)15-9-12-6-5-11-3-1-2-4-14(11)17(12)23-15/h1-4,9,13,16H,5-8,10H2. The first-order chi connectivity index (χ1) is 11.1. The van der Waals surface area contributed by atoms with E-state index >= 15 is 0 Å². The Morgan fingerprint density at radius 2 is 1.96 bits per heavy atom. The van der Waals surface area contributed by atoms with Gasteiger partial charge in [-0.1, -0.05) is 24.3 Å². The van der Waals surface area contributed by atoms with Crippen LogP contribution in [-0.4, -0.2) is 29.8 Å². The summed E-state index contributed by atoms with van der Waals surface area (Å²) in [7, 11) is 0. The zero-order valence-corrected chi connectivity index (χ0v) is 13.4. The minimum Gasteiger partial charge on any atom is -0.329 e. The molecule has 0 saturated heterocycles. The number of nitrogens with zero attached hydrogens (tertiary/aromatic N) is 1. The lowest BCUT2D eigenvalue weighted by Crippen LogP contribution is -2.36. The average molecular weight is 333 g/mol. The molecule has 0 N–H and O–H groups in total. The molecule has 1 saturated carbocycles. The highest BCUT2D eigenvalue weighted by atomic mass is 32.1. The second-order valence-electron chi connectivity index (χ2n) is 6.20. The molecule has 1 heterocycles. The minimum atomic E-state index is -2.48. The molecule has 120 valence electrons. The maximum absolute atomic E-state index is 12.8. The number of alkyl halides is 2. The number of aryl methyl sites for hydroxylation is 2. The van der Waals surface area contributed by atoms with E-state index in [2.05, 4.69) is 12.1 Å². The lowest BCUT2D eigenvalue weighted by atomic mass is 9.91. The van der Waals surface area contributed by atoms with Gasteiger partial charge in [0.25, 0.3) is 12.3 Å². The highest BCUT2D eigenvalue weighted by Gasteiger charge is 2.35. The van der Waals surface area contributed by atoms with Gasteiger partial charge < -0.3 is 4.90 Å². The van der Waals surface area contributed by atoms with Gasteiger partial charge in [0.1, 0.15) is 0 Å². The summed E-state index contributed by atoms with van der Waals surface area (Å²) in [6.45, 7) is -0.456. The Labute approximate surface area is 137 Å². The number of rotatable bonds is 4. The second kappa shape index (κ2) is 5.71. The molecular formula is C18H17F2NOS. The van der Waals surface area contributed by atoms with Crippen LogP contribution in [-0.2, 0) is 12.8 Å². The van der Waals surface area contributed by atoms with Gasteiger partial charge in [-0.3, -0.25) is 4.79 Å². The van der Waals surface area contributed by atoms with Gasteiger partial charge in [0, 0.05) is 10.9 Å². The number of carbonyl (C=O) groups is 1. The van der Waals surface area contributed by atoms with Gasteiger partial charge in [-0.25, -0.2) is 8.78 Å². The van der Waals surface area contributed by atoms with E-state index in [0.29, 0.717) is 4.88 Å². The molecule has 0 bridgehead atoms. The van der Waals surface area contributed by atoms with Crippen molar-refractivity contribution in [2.45, 2.75) is 38.2 Å². The molecule has 2 aliphatic rings. The fourth-order valence-electron chi connectivity index (χ4n) is 3.25. The lowest BCUT2D eigenvalue weighted by Gasteiger charge is -2.21. The summed E-state index contributed by atoms with van der Waals surface area (Å²) >= 11 is 1.45. The second-order valence-corrected chi connectivity index (χ2v) is 7.25. The maximum Gasteiger partial charge on any atom is 0.264 e. The molecule has 1 aromatic heterocycles. The quantitative estimate of drug-likeness (QED) is 0.813. The molecule has 2 aromatic rings. The summed E-state index contributed by atoms with van der Waals surface area (Å²) in [6.07, 6.45) is 1.08. The molecule has 23 heavy (non-hydrogen) atoms. The summed E-state index contributed by atoms with van der Waals surface area (Å²) < 4.78 is 25.6. The van der Waals surface area contributed by atoms with Crippen molar-refractivity contribution in [3.8, 4) is 10.4 Å². The van der Waals surface area contributed by atoms with Gasteiger partial charge >= 0.3 is 0 Å². The number of carbonyl (C=O) groups excluding carboxylic acids is 1. The van der Waals surface area contributed by atoms with Gasteiger partial charge in [0.2, 0.25) is 0 Å². The highest BCUT2D eigenvalue weighted by molar-refractivity contribution is 7.17. The fraction of sp³-hybridized carbons (Fsp3) is 0.389. The first kappa shape index (κ1) is 14.8. The number of fused-ring (bicyclic) bond motifs is 3. The Morgan fingerprint density at radius 3 is 2.70 bits per heavy atom. The molecule has 5 heteroatoms. The Balaban J connectivity index is 1.66. The van der Waals surface area contributed by atoms with Crippen molar-refractivity contribution in [3.63, 3.8) is 0 Å². The van der Waals surface area contributed by atoms with Crippen LogP contribution in [0.25, 0.3) is 10.4 Å². The zero-order valence-electron chi connectivity index (χ0n) is 12.6. The summed E-state index contributed by atoms with van der Waals surface area (Å²) in [5.74, 6) is -0.232. The number of thiophene rings is 1. The van der Waals surface area contributed by atoms with Crippen LogP contribution in [0.15, 0.2) is 30.3 Å². The first-order valence-electron chi connectivity index (χ1n) is 7.93. The predicted octanol–water partition coefficient (Wildman–Crippen LogP) is 4.38. The number of hydrogen-bond acceptors (Lipinski definition) is 2. The van der Waals surface area contributed by atoms with Crippen LogP contribution in [0.4, 0.5) is 8.78 Å². The van der Waals surface area contributed by atoms with Crippen molar-refractivity contribution >= 4 is 17.2 Å². The zero-order chi connectivity index (χ0) is 16.0. The lowest BCUT2D eigenvalue weighted by molar-refractivity contribution is 0.0538. The van der Waals surface area contributed by atoms with Gasteiger partial charge in [0.15, 0.2) is 0 Å². The Bertz CT molecular complexity index is 751. The molecule has 0 radical (unpaired) electrons. The van der Waals surface area contributed by atoms with Crippen LogP contribution < -0.4 is 0 Å². The van der Waals surface area contributed by atoms with Crippen molar-refractivity contribution in [1.29, 1.82) is 0 Å². The molecule has 2 aliphatic carbocycles. The van der Waals surface area contributed by atoms with E-state index in [-0.39, 0.29) is 11.9 Å². The van der Waals surface area contributed by atoms with Crippen molar-refractivity contribution in [1.82, 2.24) is 4.90 Å². The van der Waals surface area contributed by atoms with Gasteiger partial charge in [-0.15, -0.1) is 11.3 Å². The van der Waals surface area contributed by atoms with E-state index in [1.54, 1.807) is 0 Å². The van der Waals surface area contributed by atoms with Crippen LogP contribution in [0, 0.1) is 0 Å². The van der Waals surface area contributed by atoms with Crippen molar-refractivity contribution in [2.24, 2.45) is 0 Å². The van der Waals surface area contributed by atoms with Crippen LogP contribution >= 0.6 is 11.3 Å². The molecule has 1 fully saturated rings. The Kier molecular flexibility index (Phi) is 3.68. The fourth-order valence-corrected chi connectivity index (χ4v) is 4.48. The average Bonchev–Trinajstić information content (AvgIpc) is 3.29. The minimum absolute atomic E-state index is 0.00270. The Hall–Kier alpha value is -1.75. The highest BCUT2D eigenvalue weighted by Crippen LogP contribution is 2.40. The van der Waals surface area contributed by atoms with Crippen LogP contribution in [0.1, 0.15) is 33.6 Å². The van der Waals surface area contributed by atoms with Crippen molar-refractivity contribution in [3.05, 3.63) is 46.3 Å². The SMILES string of the molecule is O=C(c1cc2c(s1)-c1ccccc1CC2)N(CC(F)F)C1CC1. The van der Waals surface area contributed by atoms with E-state index in [4.69, 9.17) is 0 Å². The summed E-state index contributed by atoms with van der Waals surface area (Å²) in [4.78, 5) is 15.8. The molecule has 0 spiro atoms. The van der Waals surface area contributed by atoms with E-state index in [1.807, 2.05) is 18.2 Å². The summed E-state index contributed by atoms with van der Waals surface area (Å²) in [5, 5.41) is 0. The summed E-state index contributed by atoms with van der Waals surface area (Å²) in [6, 6.07) is 10.1. The van der Waals surface area contributed by atoms with Gasteiger partial charge in [0.05, 0.1) is 11.4 Å². The molecule has 1 aromatic carbocycles. The molecule has 0 aliphatic heterocycles. The topological polar surface area (TPSA) is 20.3 Å². The molecule has 2 nitrogen and oxygen atoms in total. The Morgan fingerprint density at radius 1 is 1.22 bits per heavy atom. The molecule has 0 atom stereocenters. The number of halogens is 2. The third-order valence-corrected chi connectivity index (χ3v) is 5.73.